The number of hydrogen-bond acceptors (Lipinski definition) is 5. The summed E-state index contributed by atoms with van der Waals surface area (Å²) in [6.45, 7) is 1.34. The fraction of sp³-hybridized carbons (Fsp3) is 0.208. The number of methoxy groups -OCH3 is 1. The molecule has 8 heteroatoms. The molecule has 0 radical (unpaired) electrons. The van der Waals surface area contributed by atoms with E-state index in [1.165, 1.54) is 16.4 Å². The Morgan fingerprint density at radius 2 is 1.69 bits per heavy atom. The lowest BCUT2D eigenvalue weighted by molar-refractivity contribution is 0.102. The Morgan fingerprint density at radius 3 is 2.41 bits per heavy atom. The molecule has 166 valence electrons. The minimum atomic E-state index is -3.67. The second kappa shape index (κ2) is 9.42. The van der Waals surface area contributed by atoms with E-state index in [-0.39, 0.29) is 10.8 Å². The maximum absolute atomic E-state index is 13.1. The molecule has 0 saturated carbocycles. The van der Waals surface area contributed by atoms with Crippen molar-refractivity contribution in [3.63, 3.8) is 0 Å². The van der Waals surface area contributed by atoms with Gasteiger partial charge in [-0.1, -0.05) is 18.2 Å². The van der Waals surface area contributed by atoms with Crippen molar-refractivity contribution in [2.24, 2.45) is 0 Å². The Hall–Kier alpha value is -3.36. The number of anilines is 2. The minimum absolute atomic E-state index is 0.185. The number of benzene rings is 3. The van der Waals surface area contributed by atoms with Crippen molar-refractivity contribution in [3.8, 4) is 5.75 Å². The molecular formula is C24H24N2O5S. The fourth-order valence-corrected chi connectivity index (χ4v) is 5.05. The normalized spacial score (nSPS) is 13.0. The lowest BCUT2D eigenvalue weighted by Crippen LogP contribution is -2.29. The molecule has 3 aromatic carbocycles. The number of amides is 1. The summed E-state index contributed by atoms with van der Waals surface area (Å²) in [5, 5.41) is 2.79. The van der Waals surface area contributed by atoms with Crippen LogP contribution in [0, 0.1) is 0 Å². The molecule has 0 unspecified atom stereocenters. The van der Waals surface area contributed by atoms with Crippen LogP contribution in [0.4, 0.5) is 11.4 Å². The minimum Gasteiger partial charge on any atom is -0.491 e. The van der Waals surface area contributed by atoms with Gasteiger partial charge in [0.2, 0.25) is 0 Å². The van der Waals surface area contributed by atoms with Crippen LogP contribution < -0.4 is 14.4 Å². The molecule has 1 heterocycles. The maximum atomic E-state index is 13.1. The van der Waals surface area contributed by atoms with Crippen molar-refractivity contribution in [2.75, 3.05) is 36.5 Å². The van der Waals surface area contributed by atoms with Crippen LogP contribution in [0.1, 0.15) is 15.9 Å². The quantitative estimate of drug-likeness (QED) is 0.527. The summed E-state index contributed by atoms with van der Waals surface area (Å²) in [6, 6.07) is 20.5. The number of hydrogen-bond donors (Lipinski definition) is 1. The van der Waals surface area contributed by atoms with E-state index in [0.29, 0.717) is 43.2 Å². The Balaban J connectivity index is 1.42. The molecule has 0 fully saturated rings. The molecule has 1 aliphatic rings. The largest absolute Gasteiger partial charge is 0.491 e. The zero-order chi connectivity index (χ0) is 22.6. The highest BCUT2D eigenvalue weighted by Gasteiger charge is 2.30. The van der Waals surface area contributed by atoms with E-state index in [2.05, 4.69) is 5.32 Å². The summed E-state index contributed by atoms with van der Waals surface area (Å²) in [5.41, 5.74) is 2.72. The summed E-state index contributed by atoms with van der Waals surface area (Å²) in [6.07, 6.45) is 0.694. The van der Waals surface area contributed by atoms with Crippen LogP contribution in [0.5, 0.6) is 5.75 Å². The molecule has 0 atom stereocenters. The van der Waals surface area contributed by atoms with Gasteiger partial charge in [0.25, 0.3) is 15.9 Å². The fourth-order valence-electron chi connectivity index (χ4n) is 3.54. The highest BCUT2D eigenvalue weighted by molar-refractivity contribution is 7.92. The number of ether oxygens (including phenoxy) is 2. The lowest BCUT2D eigenvalue weighted by Gasteiger charge is -2.19. The molecule has 0 aliphatic carbocycles. The highest BCUT2D eigenvalue weighted by atomic mass is 32.2. The molecule has 7 nitrogen and oxygen atoms in total. The van der Waals surface area contributed by atoms with Crippen molar-refractivity contribution >= 4 is 27.3 Å². The van der Waals surface area contributed by atoms with E-state index in [9.17, 15) is 13.2 Å². The van der Waals surface area contributed by atoms with E-state index < -0.39 is 10.0 Å². The average Bonchev–Trinajstić information content (AvgIpc) is 3.25. The SMILES string of the molecule is COCCOc1ccc(C(=O)Nc2ccc(S(=O)(=O)N3CCc4ccccc43)cc2)cc1. The number of sulfonamides is 1. The van der Waals surface area contributed by atoms with Crippen LogP contribution in [0.2, 0.25) is 0 Å². The molecule has 0 spiro atoms. The topological polar surface area (TPSA) is 84.9 Å². The third kappa shape index (κ3) is 4.61. The number of carbonyl (C=O) groups excluding carboxylic acids is 1. The van der Waals surface area contributed by atoms with Gasteiger partial charge in [-0.25, -0.2) is 8.42 Å². The zero-order valence-corrected chi connectivity index (χ0v) is 18.5. The average molecular weight is 453 g/mol. The molecule has 1 aliphatic heterocycles. The first kappa shape index (κ1) is 21.9. The molecule has 0 aromatic heterocycles. The number of nitrogens with one attached hydrogen (secondary N) is 1. The molecule has 1 amide bonds. The number of para-hydroxylation sites is 1. The number of nitrogens with zero attached hydrogens (tertiary/aromatic N) is 1. The number of carbonyl (C=O) groups is 1. The molecule has 3 aromatic rings. The second-order valence-corrected chi connectivity index (χ2v) is 9.16. The summed E-state index contributed by atoms with van der Waals surface area (Å²) in [4.78, 5) is 12.7. The smallest absolute Gasteiger partial charge is 0.264 e. The van der Waals surface area contributed by atoms with E-state index in [0.717, 1.165) is 11.3 Å². The van der Waals surface area contributed by atoms with Gasteiger partial charge in [0.05, 0.1) is 17.2 Å². The predicted octanol–water partition coefficient (Wildman–Crippen LogP) is 3.72. The van der Waals surface area contributed by atoms with Gasteiger partial charge < -0.3 is 14.8 Å². The molecule has 4 rings (SSSR count). The van der Waals surface area contributed by atoms with E-state index in [1.807, 2.05) is 24.3 Å². The summed E-state index contributed by atoms with van der Waals surface area (Å²) < 4.78 is 38.1. The summed E-state index contributed by atoms with van der Waals surface area (Å²) >= 11 is 0. The molecule has 1 N–H and O–H groups in total. The zero-order valence-electron chi connectivity index (χ0n) is 17.7. The van der Waals surface area contributed by atoms with E-state index in [4.69, 9.17) is 9.47 Å². The summed E-state index contributed by atoms with van der Waals surface area (Å²) in [5.74, 6) is 0.356. The van der Waals surface area contributed by atoms with Crippen molar-refractivity contribution in [1.29, 1.82) is 0 Å². The Labute approximate surface area is 187 Å². The molecule has 0 bridgehead atoms. The standard InChI is InChI=1S/C24H24N2O5S/c1-30-16-17-31-21-10-6-19(7-11-21)24(27)25-20-8-12-22(13-9-20)32(28,29)26-15-14-18-4-2-3-5-23(18)26/h2-13H,14-17H2,1H3,(H,25,27). The highest BCUT2D eigenvalue weighted by Crippen LogP contribution is 2.32. The molecule has 32 heavy (non-hydrogen) atoms. The summed E-state index contributed by atoms with van der Waals surface area (Å²) in [7, 11) is -2.06. The van der Waals surface area contributed by atoms with Crippen molar-refractivity contribution in [2.45, 2.75) is 11.3 Å². The van der Waals surface area contributed by atoms with Crippen molar-refractivity contribution in [3.05, 3.63) is 83.9 Å². The van der Waals surface area contributed by atoms with Crippen LogP contribution in [-0.2, 0) is 21.2 Å². The predicted molar refractivity (Wildman–Crippen MR) is 123 cm³/mol. The van der Waals surface area contributed by atoms with Gasteiger partial charge in [-0.05, 0) is 66.6 Å². The Kier molecular flexibility index (Phi) is 6.43. The Bertz CT molecular complexity index is 1190. The van der Waals surface area contributed by atoms with Gasteiger partial charge in [0.15, 0.2) is 0 Å². The Morgan fingerprint density at radius 1 is 0.969 bits per heavy atom. The first-order valence-corrected chi connectivity index (χ1v) is 11.7. The van der Waals surface area contributed by atoms with Crippen LogP contribution in [0.15, 0.2) is 77.7 Å². The third-order valence-corrected chi connectivity index (χ3v) is 7.04. The third-order valence-electron chi connectivity index (χ3n) is 5.22. The van der Waals surface area contributed by atoms with Gasteiger partial charge in [0.1, 0.15) is 12.4 Å². The van der Waals surface area contributed by atoms with Gasteiger partial charge in [0, 0.05) is 24.9 Å². The first-order valence-electron chi connectivity index (χ1n) is 10.2. The van der Waals surface area contributed by atoms with Crippen LogP contribution in [-0.4, -0.2) is 41.2 Å². The lowest BCUT2D eigenvalue weighted by atomic mass is 10.2. The van der Waals surface area contributed by atoms with Crippen LogP contribution >= 0.6 is 0 Å². The number of rotatable bonds is 8. The van der Waals surface area contributed by atoms with Gasteiger partial charge in [-0.3, -0.25) is 9.10 Å². The second-order valence-electron chi connectivity index (χ2n) is 7.30. The monoisotopic (exact) mass is 452 g/mol. The van der Waals surface area contributed by atoms with Gasteiger partial charge in [-0.2, -0.15) is 0 Å². The maximum Gasteiger partial charge on any atom is 0.264 e. The van der Waals surface area contributed by atoms with Gasteiger partial charge in [-0.15, -0.1) is 0 Å². The van der Waals surface area contributed by atoms with E-state index in [1.54, 1.807) is 43.5 Å². The van der Waals surface area contributed by atoms with Crippen LogP contribution in [0.3, 0.4) is 0 Å². The van der Waals surface area contributed by atoms with Crippen molar-refractivity contribution < 1.29 is 22.7 Å². The van der Waals surface area contributed by atoms with Crippen LogP contribution in [0.25, 0.3) is 0 Å². The van der Waals surface area contributed by atoms with Gasteiger partial charge >= 0.3 is 0 Å². The first-order chi connectivity index (χ1) is 15.5. The van der Waals surface area contributed by atoms with E-state index >= 15 is 0 Å². The molecular weight excluding hydrogens is 428 g/mol. The van der Waals surface area contributed by atoms with Crippen molar-refractivity contribution in [1.82, 2.24) is 0 Å². The molecule has 0 saturated heterocycles. The number of fused-ring (bicyclic) bond motifs is 1.